The molecule has 3 nitrogen and oxygen atoms in total. The first-order valence-corrected chi connectivity index (χ1v) is 7.52. The lowest BCUT2D eigenvalue weighted by Crippen LogP contribution is -1.88. The van der Waals surface area contributed by atoms with Crippen LogP contribution in [-0.2, 0) is 0 Å². The molecular formula is C20H12N2O. The number of benzene rings is 2. The minimum Gasteiger partial charge on any atom is -0.456 e. The van der Waals surface area contributed by atoms with E-state index in [2.05, 4.69) is 34.2 Å². The first kappa shape index (κ1) is 12.4. The zero-order valence-corrected chi connectivity index (χ0v) is 12.2. The van der Waals surface area contributed by atoms with E-state index in [0.717, 1.165) is 44.1 Å². The largest absolute Gasteiger partial charge is 0.456 e. The Morgan fingerprint density at radius 3 is 2.61 bits per heavy atom. The van der Waals surface area contributed by atoms with E-state index in [1.165, 1.54) is 0 Å². The Labute approximate surface area is 132 Å². The Hall–Kier alpha value is -3.20. The molecule has 0 unspecified atom stereocenters. The molecule has 0 aliphatic rings. The fourth-order valence-electron chi connectivity index (χ4n) is 3.17. The summed E-state index contributed by atoms with van der Waals surface area (Å²) in [5.74, 6) is 0. The van der Waals surface area contributed by atoms with Crippen LogP contribution < -0.4 is 0 Å². The molecule has 3 heterocycles. The number of nitrogens with zero attached hydrogens (tertiary/aromatic N) is 2. The van der Waals surface area contributed by atoms with Gasteiger partial charge in [0.05, 0.1) is 16.6 Å². The van der Waals surface area contributed by atoms with Crippen LogP contribution >= 0.6 is 0 Å². The molecule has 0 aliphatic carbocycles. The Bertz CT molecular complexity index is 1170. The molecule has 0 bridgehead atoms. The van der Waals surface area contributed by atoms with Gasteiger partial charge in [0, 0.05) is 28.7 Å². The van der Waals surface area contributed by atoms with Crippen molar-refractivity contribution >= 4 is 32.8 Å². The molecule has 5 rings (SSSR count). The van der Waals surface area contributed by atoms with Crippen molar-refractivity contribution in [2.75, 3.05) is 0 Å². The van der Waals surface area contributed by atoms with Gasteiger partial charge in [0.1, 0.15) is 11.2 Å². The average Bonchev–Trinajstić information content (AvgIpc) is 3.00. The van der Waals surface area contributed by atoms with Gasteiger partial charge < -0.3 is 4.42 Å². The molecular weight excluding hydrogens is 284 g/mol. The van der Waals surface area contributed by atoms with Gasteiger partial charge in [-0.15, -0.1) is 0 Å². The van der Waals surface area contributed by atoms with Gasteiger partial charge in [-0.25, -0.2) is 0 Å². The molecule has 0 fully saturated rings. The van der Waals surface area contributed by atoms with E-state index in [0.29, 0.717) is 0 Å². The monoisotopic (exact) mass is 296 g/mol. The normalized spacial score (nSPS) is 11.5. The topological polar surface area (TPSA) is 38.9 Å². The van der Waals surface area contributed by atoms with Crippen molar-refractivity contribution in [2.45, 2.75) is 0 Å². The maximum absolute atomic E-state index is 5.97. The summed E-state index contributed by atoms with van der Waals surface area (Å²) in [4.78, 5) is 9.21. The summed E-state index contributed by atoms with van der Waals surface area (Å²) < 4.78 is 5.97. The Balaban J connectivity index is 1.96. The van der Waals surface area contributed by atoms with Gasteiger partial charge >= 0.3 is 0 Å². The molecule has 23 heavy (non-hydrogen) atoms. The number of hydrogen-bond acceptors (Lipinski definition) is 3. The summed E-state index contributed by atoms with van der Waals surface area (Å²) in [6, 6.07) is 20.2. The number of aromatic nitrogens is 2. The summed E-state index contributed by atoms with van der Waals surface area (Å²) in [6.07, 6.45) is 3.61. The number of furan rings is 1. The summed E-state index contributed by atoms with van der Waals surface area (Å²) in [6.45, 7) is 0. The molecule has 5 aromatic rings. The van der Waals surface area contributed by atoms with Gasteiger partial charge in [-0.2, -0.15) is 0 Å². The van der Waals surface area contributed by atoms with Crippen molar-refractivity contribution in [1.82, 2.24) is 9.97 Å². The van der Waals surface area contributed by atoms with Crippen LogP contribution in [0.5, 0.6) is 0 Å². The van der Waals surface area contributed by atoms with Crippen molar-refractivity contribution in [3.8, 4) is 11.3 Å². The van der Waals surface area contributed by atoms with Crippen LogP contribution in [0.4, 0.5) is 0 Å². The highest BCUT2D eigenvalue weighted by molar-refractivity contribution is 6.13. The van der Waals surface area contributed by atoms with Gasteiger partial charge in [-0.05, 0) is 18.2 Å². The van der Waals surface area contributed by atoms with Crippen LogP contribution in [0.1, 0.15) is 0 Å². The van der Waals surface area contributed by atoms with Gasteiger partial charge in [0.15, 0.2) is 0 Å². The molecule has 3 aromatic heterocycles. The quantitative estimate of drug-likeness (QED) is 0.427. The fourth-order valence-corrected chi connectivity index (χ4v) is 3.17. The molecule has 3 heteroatoms. The SMILES string of the molecule is c1cnc2c(-c3nccc4oc5ccccc5c34)cccc2c1. The van der Waals surface area contributed by atoms with E-state index in [1.807, 2.05) is 42.6 Å². The second kappa shape index (κ2) is 4.65. The molecule has 2 aromatic carbocycles. The lowest BCUT2D eigenvalue weighted by atomic mass is 10.0. The van der Waals surface area contributed by atoms with Crippen molar-refractivity contribution in [2.24, 2.45) is 0 Å². The number of hydrogen-bond donors (Lipinski definition) is 0. The van der Waals surface area contributed by atoms with Crippen LogP contribution in [0.3, 0.4) is 0 Å². The van der Waals surface area contributed by atoms with Crippen molar-refractivity contribution in [1.29, 1.82) is 0 Å². The van der Waals surface area contributed by atoms with Crippen LogP contribution in [0, 0.1) is 0 Å². The maximum Gasteiger partial charge on any atom is 0.139 e. The summed E-state index contributed by atoms with van der Waals surface area (Å²) in [5.41, 5.74) is 4.63. The Morgan fingerprint density at radius 2 is 1.61 bits per heavy atom. The third kappa shape index (κ3) is 1.77. The molecule has 108 valence electrons. The Kier molecular flexibility index (Phi) is 2.50. The summed E-state index contributed by atoms with van der Waals surface area (Å²) in [5, 5.41) is 3.23. The van der Waals surface area contributed by atoms with Crippen LogP contribution in [0.15, 0.2) is 77.5 Å². The third-order valence-corrected chi connectivity index (χ3v) is 4.18. The molecule has 0 aliphatic heterocycles. The second-order valence-corrected chi connectivity index (χ2v) is 5.51. The number of fused-ring (bicyclic) bond motifs is 4. The summed E-state index contributed by atoms with van der Waals surface area (Å²) in [7, 11) is 0. The highest BCUT2D eigenvalue weighted by Crippen LogP contribution is 2.36. The predicted molar refractivity (Wildman–Crippen MR) is 92.3 cm³/mol. The summed E-state index contributed by atoms with van der Waals surface area (Å²) >= 11 is 0. The first-order chi connectivity index (χ1) is 11.4. The van der Waals surface area contributed by atoms with Crippen molar-refractivity contribution in [3.63, 3.8) is 0 Å². The van der Waals surface area contributed by atoms with E-state index in [4.69, 9.17) is 4.42 Å². The average molecular weight is 296 g/mol. The molecule has 0 amide bonds. The second-order valence-electron chi connectivity index (χ2n) is 5.51. The predicted octanol–water partition coefficient (Wildman–Crippen LogP) is 5.20. The molecule has 0 saturated carbocycles. The van der Waals surface area contributed by atoms with Gasteiger partial charge in [-0.3, -0.25) is 9.97 Å². The minimum atomic E-state index is 0.851. The standard InChI is InChI=1S/C20H12N2O/c1-2-9-16-14(7-1)18-17(23-16)10-12-22-20(18)15-8-3-5-13-6-4-11-21-19(13)15/h1-12H. The fraction of sp³-hybridized carbons (Fsp3) is 0. The Morgan fingerprint density at radius 1 is 0.696 bits per heavy atom. The van der Waals surface area contributed by atoms with Crippen LogP contribution in [0.25, 0.3) is 44.1 Å². The highest BCUT2D eigenvalue weighted by atomic mass is 16.3. The first-order valence-electron chi connectivity index (χ1n) is 7.52. The zero-order chi connectivity index (χ0) is 15.2. The van der Waals surface area contributed by atoms with Crippen molar-refractivity contribution < 1.29 is 4.42 Å². The molecule has 0 spiro atoms. The van der Waals surface area contributed by atoms with Gasteiger partial charge in [-0.1, -0.05) is 42.5 Å². The maximum atomic E-state index is 5.97. The van der Waals surface area contributed by atoms with E-state index < -0.39 is 0 Å². The van der Waals surface area contributed by atoms with E-state index >= 15 is 0 Å². The minimum absolute atomic E-state index is 0.851. The number of pyridine rings is 2. The van der Waals surface area contributed by atoms with Gasteiger partial charge in [0.25, 0.3) is 0 Å². The molecule has 0 N–H and O–H groups in total. The molecule has 0 radical (unpaired) electrons. The number of rotatable bonds is 1. The number of para-hydroxylation sites is 2. The molecule has 0 saturated heterocycles. The highest BCUT2D eigenvalue weighted by Gasteiger charge is 2.15. The van der Waals surface area contributed by atoms with E-state index in [1.54, 1.807) is 6.20 Å². The smallest absolute Gasteiger partial charge is 0.139 e. The van der Waals surface area contributed by atoms with Crippen LogP contribution in [-0.4, -0.2) is 9.97 Å². The third-order valence-electron chi connectivity index (χ3n) is 4.18. The van der Waals surface area contributed by atoms with Crippen molar-refractivity contribution in [3.05, 3.63) is 73.1 Å². The lowest BCUT2D eigenvalue weighted by molar-refractivity contribution is 0.668. The van der Waals surface area contributed by atoms with Gasteiger partial charge in [0.2, 0.25) is 0 Å². The molecule has 0 atom stereocenters. The zero-order valence-electron chi connectivity index (χ0n) is 12.2. The van der Waals surface area contributed by atoms with Crippen LogP contribution in [0.2, 0.25) is 0 Å². The lowest BCUT2D eigenvalue weighted by Gasteiger charge is -2.06. The van der Waals surface area contributed by atoms with E-state index in [-0.39, 0.29) is 0 Å². The van der Waals surface area contributed by atoms with E-state index in [9.17, 15) is 0 Å².